The highest BCUT2D eigenvalue weighted by Crippen LogP contribution is 2.16. The van der Waals surface area contributed by atoms with Gasteiger partial charge in [-0.05, 0) is 58.8 Å². The fourth-order valence-corrected chi connectivity index (χ4v) is 2.36. The summed E-state index contributed by atoms with van der Waals surface area (Å²) in [7, 11) is 0. The summed E-state index contributed by atoms with van der Waals surface area (Å²) in [6.07, 6.45) is 0.910. The van der Waals surface area contributed by atoms with E-state index in [-0.39, 0.29) is 12.5 Å². The molecule has 0 fully saturated rings. The first-order valence-electron chi connectivity index (χ1n) is 6.90. The number of carbonyl (C=O) groups excluding carboxylic acids is 2. The van der Waals surface area contributed by atoms with Gasteiger partial charge in [0.1, 0.15) is 0 Å². The van der Waals surface area contributed by atoms with Gasteiger partial charge in [0, 0.05) is 3.57 Å². The predicted octanol–water partition coefficient (Wildman–Crippen LogP) is 3.65. The molecule has 0 bridgehead atoms. The van der Waals surface area contributed by atoms with Gasteiger partial charge in [-0.25, -0.2) is 4.79 Å². The minimum atomic E-state index is -0.499. The number of aryl methyl sites for hydroxylation is 1. The van der Waals surface area contributed by atoms with Gasteiger partial charge in [-0.3, -0.25) is 4.79 Å². The van der Waals surface area contributed by atoms with Crippen molar-refractivity contribution in [1.82, 2.24) is 0 Å². The molecular formula is C17H16INO3. The van der Waals surface area contributed by atoms with Crippen LogP contribution in [0.3, 0.4) is 0 Å². The lowest BCUT2D eigenvalue weighted by Crippen LogP contribution is -2.21. The minimum Gasteiger partial charge on any atom is -0.452 e. The highest BCUT2D eigenvalue weighted by molar-refractivity contribution is 14.1. The number of nitrogens with one attached hydrogen (secondary N) is 1. The summed E-state index contributed by atoms with van der Waals surface area (Å²) in [6, 6.07) is 14.6. The van der Waals surface area contributed by atoms with Gasteiger partial charge in [-0.15, -0.1) is 0 Å². The average Bonchev–Trinajstić information content (AvgIpc) is 2.55. The Morgan fingerprint density at radius 2 is 1.77 bits per heavy atom. The normalized spacial score (nSPS) is 10.1. The summed E-state index contributed by atoms with van der Waals surface area (Å²) >= 11 is 2.13. The zero-order valence-corrected chi connectivity index (χ0v) is 14.3. The lowest BCUT2D eigenvalue weighted by Gasteiger charge is -2.08. The van der Waals surface area contributed by atoms with Crippen LogP contribution in [0, 0.1) is 3.57 Å². The van der Waals surface area contributed by atoms with Crippen molar-refractivity contribution >= 4 is 40.2 Å². The zero-order chi connectivity index (χ0) is 15.9. The number of amides is 1. The lowest BCUT2D eigenvalue weighted by molar-refractivity contribution is -0.119. The predicted molar refractivity (Wildman–Crippen MR) is 93.9 cm³/mol. The second kappa shape index (κ2) is 7.93. The fraction of sp³-hybridized carbons (Fsp3) is 0.176. The second-order valence-electron chi connectivity index (χ2n) is 4.65. The van der Waals surface area contributed by atoms with Crippen molar-refractivity contribution in [2.45, 2.75) is 13.3 Å². The molecule has 0 unspecified atom stereocenters. The molecule has 0 spiro atoms. The molecule has 5 heteroatoms. The van der Waals surface area contributed by atoms with Crippen LogP contribution in [0.5, 0.6) is 0 Å². The summed E-state index contributed by atoms with van der Waals surface area (Å²) in [5.41, 5.74) is 2.30. The Morgan fingerprint density at radius 3 is 2.41 bits per heavy atom. The molecule has 22 heavy (non-hydrogen) atoms. The molecule has 0 saturated carbocycles. The third-order valence-corrected chi connectivity index (χ3v) is 4.02. The van der Waals surface area contributed by atoms with E-state index in [0.717, 1.165) is 15.6 Å². The molecular weight excluding hydrogens is 393 g/mol. The number of ether oxygens (including phenoxy) is 1. The quantitative estimate of drug-likeness (QED) is 0.606. The summed E-state index contributed by atoms with van der Waals surface area (Å²) in [5, 5.41) is 2.71. The van der Waals surface area contributed by atoms with Crippen molar-refractivity contribution < 1.29 is 14.3 Å². The molecule has 1 N–H and O–H groups in total. The van der Waals surface area contributed by atoms with Crippen molar-refractivity contribution in [3.05, 3.63) is 63.2 Å². The van der Waals surface area contributed by atoms with Crippen LogP contribution in [0.25, 0.3) is 0 Å². The number of benzene rings is 2. The van der Waals surface area contributed by atoms with E-state index >= 15 is 0 Å². The van der Waals surface area contributed by atoms with Gasteiger partial charge in [-0.2, -0.15) is 0 Å². The molecule has 114 valence electrons. The molecule has 0 aliphatic rings. The molecule has 0 aliphatic carbocycles. The van der Waals surface area contributed by atoms with E-state index < -0.39 is 5.97 Å². The molecule has 0 heterocycles. The summed E-state index contributed by atoms with van der Waals surface area (Å²) in [5.74, 6) is -0.858. The van der Waals surface area contributed by atoms with Gasteiger partial charge >= 0.3 is 5.97 Å². The number of hydrogen-bond donors (Lipinski definition) is 1. The molecule has 2 rings (SSSR count). The first-order valence-corrected chi connectivity index (χ1v) is 7.98. The zero-order valence-electron chi connectivity index (χ0n) is 12.1. The lowest BCUT2D eigenvalue weighted by atomic mass is 10.1. The van der Waals surface area contributed by atoms with E-state index in [4.69, 9.17) is 4.74 Å². The third-order valence-electron chi connectivity index (χ3n) is 3.08. The maximum absolute atomic E-state index is 11.9. The summed E-state index contributed by atoms with van der Waals surface area (Å²) < 4.78 is 5.95. The van der Waals surface area contributed by atoms with E-state index in [9.17, 15) is 9.59 Å². The fourth-order valence-electron chi connectivity index (χ4n) is 1.84. The highest BCUT2D eigenvalue weighted by atomic mass is 127. The Hall–Kier alpha value is -1.89. The van der Waals surface area contributed by atoms with Crippen LogP contribution in [-0.4, -0.2) is 18.5 Å². The van der Waals surface area contributed by atoms with Crippen molar-refractivity contribution in [2.24, 2.45) is 0 Å². The van der Waals surface area contributed by atoms with Crippen LogP contribution >= 0.6 is 22.6 Å². The van der Waals surface area contributed by atoms with Gasteiger partial charge in [0.05, 0.1) is 11.3 Å². The second-order valence-corrected chi connectivity index (χ2v) is 5.82. The Kier molecular flexibility index (Phi) is 5.94. The van der Waals surface area contributed by atoms with Crippen molar-refractivity contribution in [1.29, 1.82) is 0 Å². The van der Waals surface area contributed by atoms with E-state index in [1.807, 2.05) is 37.3 Å². The number of halogens is 1. The first kappa shape index (κ1) is 16.5. The van der Waals surface area contributed by atoms with Crippen LogP contribution in [-0.2, 0) is 16.0 Å². The Bertz CT molecular complexity index is 668. The third kappa shape index (κ3) is 4.56. The van der Waals surface area contributed by atoms with E-state index in [1.54, 1.807) is 18.2 Å². The molecule has 0 radical (unpaired) electrons. The van der Waals surface area contributed by atoms with Crippen LogP contribution < -0.4 is 5.32 Å². The molecule has 1 amide bonds. The van der Waals surface area contributed by atoms with Gasteiger partial charge in [-0.1, -0.05) is 31.2 Å². The van der Waals surface area contributed by atoms with E-state index in [0.29, 0.717) is 11.3 Å². The number of para-hydroxylation sites is 1. The monoisotopic (exact) mass is 409 g/mol. The van der Waals surface area contributed by atoms with Crippen LogP contribution in [0.2, 0.25) is 0 Å². The van der Waals surface area contributed by atoms with Crippen LogP contribution in [0.1, 0.15) is 22.8 Å². The Balaban J connectivity index is 1.87. The maximum Gasteiger partial charge on any atom is 0.338 e. The summed E-state index contributed by atoms with van der Waals surface area (Å²) in [6.45, 7) is 1.74. The molecule has 0 aromatic heterocycles. The number of hydrogen-bond acceptors (Lipinski definition) is 3. The molecule has 0 atom stereocenters. The van der Waals surface area contributed by atoms with E-state index in [1.165, 1.54) is 0 Å². The molecule has 0 saturated heterocycles. The molecule has 4 nitrogen and oxygen atoms in total. The topological polar surface area (TPSA) is 55.4 Å². The standard InChI is InChI=1S/C17H16INO3/c1-2-12-7-9-13(10-8-12)17(21)22-11-16(20)19-15-6-4-3-5-14(15)18/h3-10H,2,11H2,1H3,(H,19,20). The van der Waals surface area contributed by atoms with E-state index in [2.05, 4.69) is 27.9 Å². The number of carbonyl (C=O) groups is 2. The first-order chi connectivity index (χ1) is 10.6. The van der Waals surface area contributed by atoms with Gasteiger partial charge in [0.25, 0.3) is 5.91 Å². The van der Waals surface area contributed by atoms with Gasteiger partial charge in [0.2, 0.25) is 0 Å². The SMILES string of the molecule is CCc1ccc(C(=O)OCC(=O)Nc2ccccc2I)cc1. The van der Waals surface area contributed by atoms with Crippen LogP contribution in [0.4, 0.5) is 5.69 Å². The van der Waals surface area contributed by atoms with Crippen molar-refractivity contribution in [3.8, 4) is 0 Å². The van der Waals surface area contributed by atoms with Gasteiger partial charge < -0.3 is 10.1 Å². The highest BCUT2D eigenvalue weighted by Gasteiger charge is 2.11. The smallest absolute Gasteiger partial charge is 0.338 e. The maximum atomic E-state index is 11.9. The summed E-state index contributed by atoms with van der Waals surface area (Å²) in [4.78, 5) is 23.7. The van der Waals surface area contributed by atoms with Crippen LogP contribution in [0.15, 0.2) is 48.5 Å². The number of anilines is 1. The van der Waals surface area contributed by atoms with Gasteiger partial charge in [0.15, 0.2) is 6.61 Å². The number of rotatable bonds is 5. The minimum absolute atomic E-state index is 0.306. The molecule has 2 aromatic carbocycles. The Morgan fingerprint density at radius 1 is 1.09 bits per heavy atom. The van der Waals surface area contributed by atoms with Crippen molar-refractivity contribution in [2.75, 3.05) is 11.9 Å². The molecule has 2 aromatic rings. The number of esters is 1. The average molecular weight is 409 g/mol. The molecule has 0 aliphatic heterocycles. The van der Waals surface area contributed by atoms with Crippen molar-refractivity contribution in [3.63, 3.8) is 0 Å². The Labute approximate surface area is 143 Å². The largest absolute Gasteiger partial charge is 0.452 e.